The van der Waals surface area contributed by atoms with Gasteiger partial charge >= 0.3 is 0 Å². The molecule has 1 unspecified atom stereocenters. The average Bonchev–Trinajstić information content (AvgIpc) is 3.41. The van der Waals surface area contributed by atoms with Gasteiger partial charge in [0.2, 0.25) is 11.9 Å². The number of aromatic nitrogens is 4. The molecule has 1 amide bonds. The number of hydrogen-bond acceptors (Lipinski definition) is 6. The van der Waals surface area contributed by atoms with Crippen LogP contribution < -0.4 is 5.32 Å². The standard InChI is InChI=1S/C31H33N7O/c32-16-14-27-20-34-29(25-13-12-22-7-4-5-10-24(22)19-25)38(27)28-15-17-33-31(36-28)35-26-11-6-18-37(21-26)30(39)23-8-2-1-3-9-23/h4-5,7,10,12-13,15,17,19-20,23,26H,1-3,6,8-9,11,14,18,21H2,(H,33,35,36). The minimum absolute atomic E-state index is 0.0999. The van der Waals surface area contributed by atoms with Crippen LogP contribution in [0.5, 0.6) is 0 Å². The number of nitriles is 1. The van der Waals surface area contributed by atoms with E-state index in [2.05, 4.69) is 46.7 Å². The summed E-state index contributed by atoms with van der Waals surface area (Å²) in [6.07, 6.45) is 11.3. The second kappa shape index (κ2) is 11.2. The normalized spacial score (nSPS) is 18.1. The van der Waals surface area contributed by atoms with Gasteiger partial charge in [-0.2, -0.15) is 10.2 Å². The molecule has 1 saturated carbocycles. The smallest absolute Gasteiger partial charge is 0.225 e. The number of nitrogens with zero attached hydrogens (tertiary/aromatic N) is 6. The molecule has 2 aromatic heterocycles. The summed E-state index contributed by atoms with van der Waals surface area (Å²) in [5.74, 6) is 2.41. The fraction of sp³-hybridized carbons (Fsp3) is 0.387. The summed E-state index contributed by atoms with van der Waals surface area (Å²) in [6, 6.07) is 18.7. The second-order valence-electron chi connectivity index (χ2n) is 10.6. The van der Waals surface area contributed by atoms with Crippen molar-refractivity contribution in [3.63, 3.8) is 0 Å². The molecular formula is C31H33N7O. The zero-order chi connectivity index (χ0) is 26.6. The Hall–Kier alpha value is -4.25. The quantitative estimate of drug-likeness (QED) is 0.359. The molecule has 198 valence electrons. The largest absolute Gasteiger partial charge is 0.350 e. The molecule has 4 aromatic rings. The number of carbonyl (C=O) groups excluding carboxylic acids is 1. The Kier molecular flexibility index (Phi) is 7.22. The van der Waals surface area contributed by atoms with Crippen molar-refractivity contribution in [3.8, 4) is 23.3 Å². The lowest BCUT2D eigenvalue weighted by molar-refractivity contribution is -0.137. The lowest BCUT2D eigenvalue weighted by Gasteiger charge is -2.36. The van der Waals surface area contributed by atoms with Crippen LogP contribution in [0.15, 0.2) is 60.9 Å². The molecule has 0 bridgehead atoms. The van der Waals surface area contributed by atoms with E-state index in [1.165, 1.54) is 6.42 Å². The van der Waals surface area contributed by atoms with Gasteiger partial charge in [-0.1, -0.05) is 55.7 Å². The van der Waals surface area contributed by atoms with Gasteiger partial charge in [-0.15, -0.1) is 0 Å². The molecule has 6 rings (SSSR count). The number of likely N-dealkylation sites (tertiary alicyclic amines) is 1. The van der Waals surface area contributed by atoms with Gasteiger partial charge in [-0.3, -0.25) is 9.36 Å². The predicted molar refractivity (Wildman–Crippen MR) is 151 cm³/mol. The van der Waals surface area contributed by atoms with Crippen molar-refractivity contribution in [3.05, 3.63) is 66.6 Å². The van der Waals surface area contributed by atoms with E-state index in [0.717, 1.165) is 72.9 Å². The van der Waals surface area contributed by atoms with Gasteiger partial charge in [0.15, 0.2) is 0 Å². The Morgan fingerprint density at radius 2 is 1.85 bits per heavy atom. The van der Waals surface area contributed by atoms with Gasteiger partial charge in [-0.25, -0.2) is 9.97 Å². The maximum atomic E-state index is 13.1. The minimum atomic E-state index is 0.0999. The van der Waals surface area contributed by atoms with Crippen molar-refractivity contribution in [1.82, 2.24) is 24.4 Å². The molecule has 3 heterocycles. The van der Waals surface area contributed by atoms with E-state index in [0.29, 0.717) is 24.2 Å². The van der Waals surface area contributed by atoms with Crippen LogP contribution in [0.25, 0.3) is 28.0 Å². The van der Waals surface area contributed by atoms with Crippen molar-refractivity contribution in [2.24, 2.45) is 5.92 Å². The topological polar surface area (TPSA) is 99.7 Å². The molecular weight excluding hydrogens is 486 g/mol. The molecule has 1 N–H and O–H groups in total. The van der Waals surface area contributed by atoms with Gasteiger partial charge in [-0.05, 0) is 48.6 Å². The Bertz CT molecular complexity index is 1510. The maximum absolute atomic E-state index is 13.1. The van der Waals surface area contributed by atoms with Crippen LogP contribution in [0.1, 0.15) is 50.6 Å². The lowest BCUT2D eigenvalue weighted by Crippen LogP contribution is -2.47. The first-order valence-electron chi connectivity index (χ1n) is 14.0. The number of hydrogen-bond donors (Lipinski definition) is 1. The van der Waals surface area contributed by atoms with Crippen LogP contribution in [0, 0.1) is 17.2 Å². The third-order valence-electron chi connectivity index (χ3n) is 7.99. The summed E-state index contributed by atoms with van der Waals surface area (Å²) in [7, 11) is 0. The molecule has 8 nitrogen and oxygen atoms in total. The molecule has 2 aromatic carbocycles. The highest BCUT2D eigenvalue weighted by atomic mass is 16.2. The minimum Gasteiger partial charge on any atom is -0.350 e. The zero-order valence-corrected chi connectivity index (χ0v) is 22.1. The fourth-order valence-corrected chi connectivity index (χ4v) is 6.01. The molecule has 8 heteroatoms. The Morgan fingerprint density at radius 3 is 2.69 bits per heavy atom. The Balaban J connectivity index is 1.25. The maximum Gasteiger partial charge on any atom is 0.225 e. The Morgan fingerprint density at radius 1 is 1.00 bits per heavy atom. The van der Waals surface area contributed by atoms with E-state index < -0.39 is 0 Å². The number of fused-ring (bicyclic) bond motifs is 1. The second-order valence-corrected chi connectivity index (χ2v) is 10.6. The van der Waals surface area contributed by atoms with Crippen molar-refractivity contribution < 1.29 is 4.79 Å². The lowest BCUT2D eigenvalue weighted by atomic mass is 9.87. The summed E-state index contributed by atoms with van der Waals surface area (Å²) in [5, 5.41) is 15.3. The van der Waals surface area contributed by atoms with Crippen LogP contribution in [0.2, 0.25) is 0 Å². The first-order chi connectivity index (χ1) is 19.2. The van der Waals surface area contributed by atoms with Crippen LogP contribution in [-0.4, -0.2) is 49.5 Å². The summed E-state index contributed by atoms with van der Waals surface area (Å²) in [5.41, 5.74) is 1.72. The molecule has 1 saturated heterocycles. The van der Waals surface area contributed by atoms with E-state index in [9.17, 15) is 10.1 Å². The molecule has 2 aliphatic rings. The number of rotatable bonds is 6. The molecule has 0 radical (unpaired) electrons. The van der Waals surface area contributed by atoms with E-state index in [-0.39, 0.29) is 18.4 Å². The third-order valence-corrected chi connectivity index (χ3v) is 7.99. The number of amides is 1. The summed E-state index contributed by atoms with van der Waals surface area (Å²) in [6.45, 7) is 1.51. The van der Waals surface area contributed by atoms with E-state index in [4.69, 9.17) is 9.97 Å². The molecule has 39 heavy (non-hydrogen) atoms. The van der Waals surface area contributed by atoms with Crippen LogP contribution >= 0.6 is 0 Å². The summed E-state index contributed by atoms with van der Waals surface area (Å²) >= 11 is 0. The molecule has 1 aliphatic carbocycles. The van der Waals surface area contributed by atoms with Gasteiger partial charge < -0.3 is 10.2 Å². The Labute approximate surface area is 228 Å². The van der Waals surface area contributed by atoms with Crippen molar-refractivity contribution in [2.45, 2.75) is 57.4 Å². The molecule has 1 atom stereocenters. The fourth-order valence-electron chi connectivity index (χ4n) is 6.01. The number of imidazole rings is 1. The monoisotopic (exact) mass is 519 g/mol. The van der Waals surface area contributed by atoms with Crippen LogP contribution in [0.3, 0.4) is 0 Å². The zero-order valence-electron chi connectivity index (χ0n) is 22.1. The first-order valence-corrected chi connectivity index (χ1v) is 14.0. The van der Waals surface area contributed by atoms with Gasteiger partial charge in [0.25, 0.3) is 0 Å². The molecule has 0 spiro atoms. The highest BCUT2D eigenvalue weighted by Crippen LogP contribution is 2.29. The van der Waals surface area contributed by atoms with Crippen molar-refractivity contribution >= 4 is 22.6 Å². The number of piperidine rings is 1. The first kappa shape index (κ1) is 25.1. The number of benzene rings is 2. The SMILES string of the molecule is N#CCc1cnc(-c2ccc3ccccc3c2)n1-c1ccnc(NC2CCCN(C(=O)C3CCCCC3)C2)n1. The van der Waals surface area contributed by atoms with Gasteiger partial charge in [0, 0.05) is 36.8 Å². The summed E-state index contributed by atoms with van der Waals surface area (Å²) < 4.78 is 1.94. The van der Waals surface area contributed by atoms with Crippen molar-refractivity contribution in [2.75, 3.05) is 18.4 Å². The molecule has 1 aliphatic heterocycles. The third kappa shape index (κ3) is 5.35. The average molecular weight is 520 g/mol. The molecule has 2 fully saturated rings. The number of nitrogens with one attached hydrogen (secondary N) is 1. The van der Waals surface area contributed by atoms with Gasteiger partial charge in [0.05, 0.1) is 24.4 Å². The van der Waals surface area contributed by atoms with E-state index in [1.54, 1.807) is 12.4 Å². The van der Waals surface area contributed by atoms with Crippen LogP contribution in [0.4, 0.5) is 5.95 Å². The highest BCUT2D eigenvalue weighted by molar-refractivity contribution is 5.86. The van der Waals surface area contributed by atoms with Gasteiger partial charge in [0.1, 0.15) is 11.6 Å². The van der Waals surface area contributed by atoms with E-state index in [1.807, 2.05) is 27.7 Å². The predicted octanol–water partition coefficient (Wildman–Crippen LogP) is 5.53. The van der Waals surface area contributed by atoms with E-state index >= 15 is 0 Å². The number of carbonyl (C=O) groups is 1. The van der Waals surface area contributed by atoms with Crippen molar-refractivity contribution in [1.29, 1.82) is 5.26 Å². The number of anilines is 1. The highest BCUT2D eigenvalue weighted by Gasteiger charge is 2.30. The summed E-state index contributed by atoms with van der Waals surface area (Å²) in [4.78, 5) is 29.2. The van der Waals surface area contributed by atoms with Crippen LogP contribution in [-0.2, 0) is 11.2 Å².